The van der Waals surface area contributed by atoms with Crippen LogP contribution in [0.2, 0.25) is 0 Å². The van der Waals surface area contributed by atoms with E-state index in [2.05, 4.69) is 15.5 Å². The van der Waals surface area contributed by atoms with Crippen LogP contribution in [0.15, 0.2) is 33.6 Å². The Bertz CT molecular complexity index is 767. The number of hydrogen-bond acceptors (Lipinski definition) is 4. The second kappa shape index (κ2) is 4.21. The van der Waals surface area contributed by atoms with Gasteiger partial charge in [-0.05, 0) is 24.3 Å². The fraction of sp³-hybridized carbons (Fsp3) is 0.286. The van der Waals surface area contributed by atoms with Gasteiger partial charge in [0.2, 0.25) is 0 Å². The number of nitrogens with one attached hydrogen (secondary N) is 3. The summed E-state index contributed by atoms with van der Waals surface area (Å²) in [6.45, 7) is 0. The number of aromatic amines is 2. The lowest BCUT2D eigenvalue weighted by Crippen LogP contribution is -2.28. The van der Waals surface area contributed by atoms with Crippen LogP contribution in [0.5, 0.6) is 0 Å². The molecular formula is C14H13N3O2S. The van der Waals surface area contributed by atoms with E-state index in [4.69, 9.17) is 0 Å². The minimum absolute atomic E-state index is 0.156. The minimum Gasteiger partial charge on any atom is -0.343 e. The van der Waals surface area contributed by atoms with Gasteiger partial charge >= 0.3 is 0 Å². The van der Waals surface area contributed by atoms with Crippen LogP contribution in [0, 0.1) is 0 Å². The van der Waals surface area contributed by atoms with Crippen LogP contribution < -0.4 is 10.9 Å². The Labute approximate surface area is 118 Å². The maximum Gasteiger partial charge on any atom is 0.270 e. The maximum atomic E-state index is 12.4. The highest BCUT2D eigenvalue weighted by atomic mass is 32.1. The molecule has 1 atom stereocenters. The Kier molecular flexibility index (Phi) is 2.47. The van der Waals surface area contributed by atoms with Crippen molar-refractivity contribution < 1.29 is 4.79 Å². The number of ketones is 1. The number of H-pyrrole nitrogens is 2. The van der Waals surface area contributed by atoms with Gasteiger partial charge in [-0.15, -0.1) is 11.3 Å². The Morgan fingerprint density at radius 3 is 2.90 bits per heavy atom. The van der Waals surface area contributed by atoms with Gasteiger partial charge in [-0.25, -0.2) is 0 Å². The molecule has 2 aromatic heterocycles. The Morgan fingerprint density at radius 1 is 1.20 bits per heavy atom. The van der Waals surface area contributed by atoms with Crippen LogP contribution in [0.25, 0.3) is 0 Å². The van der Waals surface area contributed by atoms with Crippen molar-refractivity contribution in [1.82, 2.24) is 10.2 Å². The highest BCUT2D eigenvalue weighted by molar-refractivity contribution is 7.10. The first-order valence-electron chi connectivity index (χ1n) is 6.63. The summed E-state index contributed by atoms with van der Waals surface area (Å²) >= 11 is 1.58. The third kappa shape index (κ3) is 1.54. The molecule has 0 saturated heterocycles. The zero-order valence-corrected chi connectivity index (χ0v) is 11.5. The third-order valence-electron chi connectivity index (χ3n) is 3.95. The van der Waals surface area contributed by atoms with E-state index in [1.165, 1.54) is 0 Å². The SMILES string of the molecule is O=C1CCCC2=C1C(c1cccs1)c1c([nH][nH]c1=O)N2. The molecule has 0 aromatic carbocycles. The van der Waals surface area contributed by atoms with Crippen molar-refractivity contribution in [2.45, 2.75) is 25.2 Å². The largest absolute Gasteiger partial charge is 0.343 e. The minimum atomic E-state index is -0.232. The molecule has 2 aliphatic rings. The summed E-state index contributed by atoms with van der Waals surface area (Å²) < 4.78 is 0. The molecular weight excluding hydrogens is 274 g/mol. The second-order valence-corrected chi connectivity index (χ2v) is 6.09. The summed E-state index contributed by atoms with van der Waals surface area (Å²) in [5, 5.41) is 10.7. The molecule has 3 heterocycles. The molecule has 20 heavy (non-hydrogen) atoms. The number of thiophene rings is 1. The number of carbonyl (C=O) groups excluding carboxylic acids is 1. The van der Waals surface area contributed by atoms with E-state index in [9.17, 15) is 9.59 Å². The van der Waals surface area contributed by atoms with Crippen LogP contribution in [0.1, 0.15) is 35.6 Å². The normalized spacial score (nSPS) is 21.4. The van der Waals surface area contributed by atoms with Gasteiger partial charge in [-0.2, -0.15) is 0 Å². The van der Waals surface area contributed by atoms with Gasteiger partial charge in [0.15, 0.2) is 5.78 Å². The monoisotopic (exact) mass is 287 g/mol. The highest BCUT2D eigenvalue weighted by Crippen LogP contribution is 2.44. The lowest BCUT2D eigenvalue weighted by atomic mass is 9.79. The van der Waals surface area contributed by atoms with Gasteiger partial charge in [0, 0.05) is 22.6 Å². The maximum absolute atomic E-state index is 12.4. The lowest BCUT2D eigenvalue weighted by molar-refractivity contribution is -0.116. The van der Waals surface area contributed by atoms with Gasteiger partial charge in [-0.3, -0.25) is 19.8 Å². The first-order valence-corrected chi connectivity index (χ1v) is 7.51. The zero-order valence-electron chi connectivity index (χ0n) is 10.7. The summed E-state index contributed by atoms with van der Waals surface area (Å²) in [6, 6.07) is 3.94. The predicted octanol–water partition coefficient (Wildman–Crippen LogP) is 2.33. The Balaban J connectivity index is 1.99. The number of anilines is 1. The molecule has 102 valence electrons. The van der Waals surface area contributed by atoms with Crippen molar-refractivity contribution in [3.63, 3.8) is 0 Å². The number of aromatic nitrogens is 2. The van der Waals surface area contributed by atoms with E-state index in [-0.39, 0.29) is 17.3 Å². The van der Waals surface area contributed by atoms with E-state index in [0.717, 1.165) is 29.0 Å². The molecule has 0 amide bonds. The van der Waals surface area contributed by atoms with Crippen LogP contribution in [-0.2, 0) is 4.79 Å². The van der Waals surface area contributed by atoms with Gasteiger partial charge in [-0.1, -0.05) is 6.07 Å². The molecule has 0 spiro atoms. The molecule has 4 rings (SSSR count). The van der Waals surface area contributed by atoms with E-state index in [1.54, 1.807) is 11.3 Å². The van der Waals surface area contributed by atoms with Crippen LogP contribution >= 0.6 is 11.3 Å². The average molecular weight is 287 g/mol. The third-order valence-corrected chi connectivity index (χ3v) is 4.89. The standard InChI is InChI=1S/C14H13N3O2S/c18-8-4-1-3-7-10(8)11(9-5-2-6-20-9)12-13(15-7)16-17-14(12)19/h2,5-6,11H,1,3-4H2,(H3,15,16,17,19). The van der Waals surface area contributed by atoms with Crippen molar-refractivity contribution in [1.29, 1.82) is 0 Å². The number of fused-ring (bicyclic) bond motifs is 1. The van der Waals surface area contributed by atoms with E-state index in [0.29, 0.717) is 17.8 Å². The van der Waals surface area contributed by atoms with Gasteiger partial charge < -0.3 is 5.32 Å². The molecule has 6 heteroatoms. The number of carbonyl (C=O) groups is 1. The van der Waals surface area contributed by atoms with Crippen LogP contribution in [0.3, 0.4) is 0 Å². The molecule has 2 aromatic rings. The van der Waals surface area contributed by atoms with E-state index < -0.39 is 0 Å². The summed E-state index contributed by atoms with van der Waals surface area (Å²) in [4.78, 5) is 25.5. The highest BCUT2D eigenvalue weighted by Gasteiger charge is 2.38. The molecule has 1 aliphatic carbocycles. The smallest absolute Gasteiger partial charge is 0.270 e. The predicted molar refractivity (Wildman–Crippen MR) is 77.1 cm³/mol. The molecule has 0 fully saturated rings. The number of Topliss-reactive ketones (excluding diaryl/α,β-unsaturated/α-hetero) is 1. The van der Waals surface area contributed by atoms with E-state index in [1.807, 2.05) is 17.5 Å². The Morgan fingerprint density at radius 2 is 2.10 bits per heavy atom. The first kappa shape index (κ1) is 11.7. The molecule has 0 saturated carbocycles. The number of rotatable bonds is 1. The number of allylic oxidation sites excluding steroid dienone is 2. The molecule has 0 radical (unpaired) electrons. The fourth-order valence-electron chi connectivity index (χ4n) is 3.11. The number of hydrogen-bond donors (Lipinski definition) is 3. The Hall–Kier alpha value is -2.08. The molecule has 5 nitrogen and oxygen atoms in total. The topological polar surface area (TPSA) is 77.8 Å². The summed E-state index contributed by atoms with van der Waals surface area (Å²) in [5.74, 6) is 0.620. The van der Waals surface area contributed by atoms with E-state index >= 15 is 0 Å². The van der Waals surface area contributed by atoms with Crippen LogP contribution in [-0.4, -0.2) is 16.0 Å². The lowest BCUT2D eigenvalue weighted by Gasteiger charge is -2.30. The van der Waals surface area contributed by atoms with Crippen LogP contribution in [0.4, 0.5) is 5.82 Å². The van der Waals surface area contributed by atoms with Gasteiger partial charge in [0.25, 0.3) is 5.56 Å². The fourth-order valence-corrected chi connectivity index (χ4v) is 3.95. The van der Waals surface area contributed by atoms with Crippen molar-refractivity contribution in [3.8, 4) is 0 Å². The summed E-state index contributed by atoms with van der Waals surface area (Å²) in [5.41, 5.74) is 2.20. The quantitative estimate of drug-likeness (QED) is 0.753. The molecule has 1 aliphatic heterocycles. The van der Waals surface area contributed by atoms with Crippen molar-refractivity contribution in [3.05, 3.63) is 49.6 Å². The molecule has 0 bridgehead atoms. The zero-order chi connectivity index (χ0) is 13.7. The van der Waals surface area contributed by atoms with Crippen molar-refractivity contribution in [2.75, 3.05) is 5.32 Å². The van der Waals surface area contributed by atoms with Gasteiger partial charge in [0.1, 0.15) is 5.82 Å². The summed E-state index contributed by atoms with van der Waals surface area (Å²) in [7, 11) is 0. The molecule has 3 N–H and O–H groups in total. The van der Waals surface area contributed by atoms with Crippen molar-refractivity contribution >= 4 is 22.9 Å². The first-order chi connectivity index (χ1) is 9.75. The molecule has 1 unspecified atom stereocenters. The summed E-state index contributed by atoms with van der Waals surface area (Å²) in [6.07, 6.45) is 2.29. The van der Waals surface area contributed by atoms with Gasteiger partial charge in [0.05, 0.1) is 11.5 Å². The van der Waals surface area contributed by atoms with Crippen molar-refractivity contribution in [2.24, 2.45) is 0 Å². The second-order valence-electron chi connectivity index (χ2n) is 5.11. The average Bonchev–Trinajstić information content (AvgIpc) is 3.08.